The monoisotopic (exact) mass is 269 g/mol. The normalized spacial score (nSPS) is 9.67. The molecule has 78 valence electrons. The van der Waals surface area contributed by atoms with Gasteiger partial charge in [-0.05, 0) is 23.3 Å². The lowest BCUT2D eigenvalue weighted by molar-refractivity contribution is -0.136. The summed E-state index contributed by atoms with van der Waals surface area (Å²) in [7, 11) is 0. The molecule has 0 amide bonds. The zero-order valence-corrected chi connectivity index (χ0v) is 9.28. The van der Waals surface area contributed by atoms with E-state index in [9.17, 15) is 4.79 Å². The van der Waals surface area contributed by atoms with Crippen molar-refractivity contribution in [3.8, 4) is 6.07 Å². The van der Waals surface area contributed by atoms with E-state index in [1.165, 1.54) is 0 Å². The molecule has 0 aliphatic rings. The second kappa shape index (κ2) is 4.91. The number of aliphatic hydroxyl groups excluding tert-OH is 1. The number of hydrogen-bond acceptors (Lipinski definition) is 3. The number of hydrogen-bond donors (Lipinski definition) is 2. The van der Waals surface area contributed by atoms with Crippen molar-refractivity contribution in [2.45, 2.75) is 13.0 Å². The van der Waals surface area contributed by atoms with E-state index in [-0.39, 0.29) is 18.6 Å². The number of halogens is 1. The Kier molecular flexibility index (Phi) is 3.83. The lowest BCUT2D eigenvalue weighted by Gasteiger charge is -2.06. The van der Waals surface area contributed by atoms with Crippen LogP contribution in [0.3, 0.4) is 0 Å². The van der Waals surface area contributed by atoms with E-state index < -0.39 is 5.97 Å². The summed E-state index contributed by atoms with van der Waals surface area (Å²) >= 11 is 3.19. The van der Waals surface area contributed by atoms with Gasteiger partial charge in [-0.15, -0.1) is 0 Å². The Morgan fingerprint density at radius 2 is 2.07 bits per heavy atom. The maximum absolute atomic E-state index is 10.6. The van der Waals surface area contributed by atoms with Gasteiger partial charge in [0.2, 0.25) is 0 Å². The lowest BCUT2D eigenvalue weighted by atomic mass is 10.0. The Hall–Kier alpha value is -1.38. The highest BCUT2D eigenvalue weighted by Crippen LogP contribution is 2.21. The summed E-state index contributed by atoms with van der Waals surface area (Å²) in [6.07, 6.45) is -0.227. The first-order valence-electron chi connectivity index (χ1n) is 4.12. The van der Waals surface area contributed by atoms with Crippen LogP contribution in [0.25, 0.3) is 0 Å². The van der Waals surface area contributed by atoms with Gasteiger partial charge in [0.1, 0.15) is 0 Å². The van der Waals surface area contributed by atoms with Gasteiger partial charge in [0, 0.05) is 4.47 Å². The molecule has 0 aromatic heterocycles. The maximum atomic E-state index is 10.6. The van der Waals surface area contributed by atoms with Crippen LogP contribution in [0.15, 0.2) is 16.6 Å². The van der Waals surface area contributed by atoms with Gasteiger partial charge < -0.3 is 10.2 Å². The summed E-state index contributed by atoms with van der Waals surface area (Å²) in [6, 6.07) is 5.08. The predicted octanol–water partition coefficient (Wildman–Crippen LogP) is 1.44. The van der Waals surface area contributed by atoms with Crippen molar-refractivity contribution in [3.05, 3.63) is 33.3 Å². The molecule has 0 heterocycles. The Morgan fingerprint density at radius 3 is 2.53 bits per heavy atom. The minimum Gasteiger partial charge on any atom is -0.481 e. The first-order valence-corrected chi connectivity index (χ1v) is 4.91. The molecule has 0 bridgehead atoms. The van der Waals surface area contributed by atoms with Crippen molar-refractivity contribution in [2.24, 2.45) is 0 Å². The molecular formula is C10H8BrNO3. The Labute approximate surface area is 94.9 Å². The van der Waals surface area contributed by atoms with Crippen molar-refractivity contribution in [3.63, 3.8) is 0 Å². The molecule has 0 saturated heterocycles. The highest BCUT2D eigenvalue weighted by Gasteiger charge is 2.12. The third-order valence-electron chi connectivity index (χ3n) is 1.89. The maximum Gasteiger partial charge on any atom is 0.307 e. The van der Waals surface area contributed by atoms with Crippen LogP contribution in [0.1, 0.15) is 16.7 Å². The molecule has 2 N–H and O–H groups in total. The quantitative estimate of drug-likeness (QED) is 0.870. The van der Waals surface area contributed by atoms with Crippen LogP contribution in [0.5, 0.6) is 0 Å². The van der Waals surface area contributed by atoms with Gasteiger partial charge in [-0.3, -0.25) is 4.79 Å². The third kappa shape index (κ3) is 2.78. The van der Waals surface area contributed by atoms with Crippen LogP contribution < -0.4 is 0 Å². The van der Waals surface area contributed by atoms with Gasteiger partial charge in [-0.2, -0.15) is 5.26 Å². The molecule has 0 atom stereocenters. The standard InChI is InChI=1S/C10H8BrNO3/c11-8-1-6(3-10(14)15)9(4-12)7(2-8)5-13/h1-2,13H,3,5H2,(H,14,15). The molecule has 15 heavy (non-hydrogen) atoms. The van der Waals surface area contributed by atoms with Crippen molar-refractivity contribution in [1.82, 2.24) is 0 Å². The zero-order chi connectivity index (χ0) is 11.4. The van der Waals surface area contributed by atoms with Crippen LogP contribution in [-0.2, 0) is 17.8 Å². The number of nitriles is 1. The largest absolute Gasteiger partial charge is 0.481 e. The zero-order valence-electron chi connectivity index (χ0n) is 7.70. The fraction of sp³-hybridized carbons (Fsp3) is 0.200. The fourth-order valence-electron chi connectivity index (χ4n) is 1.30. The van der Waals surface area contributed by atoms with Crippen molar-refractivity contribution in [2.75, 3.05) is 0 Å². The van der Waals surface area contributed by atoms with Crippen molar-refractivity contribution < 1.29 is 15.0 Å². The van der Waals surface area contributed by atoms with E-state index in [1.807, 2.05) is 6.07 Å². The summed E-state index contributed by atoms with van der Waals surface area (Å²) < 4.78 is 0.654. The molecule has 0 radical (unpaired) electrons. The molecule has 4 nitrogen and oxygen atoms in total. The lowest BCUT2D eigenvalue weighted by Crippen LogP contribution is -2.04. The van der Waals surface area contributed by atoms with Crippen LogP contribution in [0.4, 0.5) is 0 Å². The average Bonchev–Trinajstić information content (AvgIpc) is 2.15. The van der Waals surface area contributed by atoms with E-state index >= 15 is 0 Å². The Morgan fingerprint density at radius 1 is 1.47 bits per heavy atom. The summed E-state index contributed by atoms with van der Waals surface area (Å²) in [4.78, 5) is 10.6. The van der Waals surface area contributed by atoms with Gasteiger partial charge in [-0.25, -0.2) is 0 Å². The highest BCUT2D eigenvalue weighted by atomic mass is 79.9. The molecule has 0 unspecified atom stereocenters. The van der Waals surface area contributed by atoms with Crippen LogP contribution >= 0.6 is 15.9 Å². The summed E-state index contributed by atoms with van der Waals surface area (Å²) in [6.45, 7) is -0.283. The van der Waals surface area contributed by atoms with Crippen LogP contribution in [-0.4, -0.2) is 16.2 Å². The van der Waals surface area contributed by atoms with Gasteiger partial charge in [0.15, 0.2) is 0 Å². The first kappa shape index (κ1) is 11.7. The molecule has 0 aliphatic heterocycles. The predicted molar refractivity (Wildman–Crippen MR) is 56.1 cm³/mol. The highest BCUT2D eigenvalue weighted by molar-refractivity contribution is 9.10. The summed E-state index contributed by atoms with van der Waals surface area (Å²) in [5, 5.41) is 26.5. The van der Waals surface area contributed by atoms with Gasteiger partial charge >= 0.3 is 5.97 Å². The van der Waals surface area contributed by atoms with E-state index in [4.69, 9.17) is 15.5 Å². The SMILES string of the molecule is N#Cc1c(CO)cc(Br)cc1CC(=O)O. The Bertz CT molecular complexity index is 437. The molecule has 5 heteroatoms. The molecular weight excluding hydrogens is 262 g/mol. The van der Waals surface area contributed by atoms with E-state index in [0.29, 0.717) is 15.6 Å². The molecule has 1 aromatic rings. The number of nitrogens with zero attached hydrogens (tertiary/aromatic N) is 1. The summed E-state index contributed by atoms with van der Waals surface area (Å²) in [5.74, 6) is -1.01. The van der Waals surface area contributed by atoms with Gasteiger partial charge in [0.05, 0.1) is 24.7 Å². The second-order valence-electron chi connectivity index (χ2n) is 2.94. The van der Waals surface area contributed by atoms with Gasteiger partial charge in [-0.1, -0.05) is 15.9 Å². The molecule has 1 aromatic carbocycles. The molecule has 0 saturated carbocycles. The van der Waals surface area contributed by atoms with Crippen LogP contribution in [0.2, 0.25) is 0 Å². The third-order valence-corrected chi connectivity index (χ3v) is 2.35. The number of carboxylic acid groups (broad SMARTS) is 1. The number of carboxylic acids is 1. The Balaban J connectivity index is 3.30. The van der Waals surface area contributed by atoms with Crippen LogP contribution in [0, 0.1) is 11.3 Å². The van der Waals surface area contributed by atoms with E-state index in [2.05, 4.69) is 15.9 Å². The number of benzene rings is 1. The van der Waals surface area contributed by atoms with Crippen molar-refractivity contribution >= 4 is 21.9 Å². The van der Waals surface area contributed by atoms with Gasteiger partial charge in [0.25, 0.3) is 0 Å². The molecule has 0 aliphatic carbocycles. The molecule has 0 fully saturated rings. The second-order valence-corrected chi connectivity index (χ2v) is 3.86. The number of aliphatic carboxylic acids is 1. The smallest absolute Gasteiger partial charge is 0.307 e. The molecule has 0 spiro atoms. The van der Waals surface area contributed by atoms with E-state index in [0.717, 1.165) is 0 Å². The first-order chi connectivity index (χ1) is 7.08. The van der Waals surface area contributed by atoms with Crippen molar-refractivity contribution in [1.29, 1.82) is 5.26 Å². The fourth-order valence-corrected chi connectivity index (χ4v) is 1.85. The number of rotatable bonds is 3. The topological polar surface area (TPSA) is 81.3 Å². The number of carbonyl (C=O) groups is 1. The molecule has 1 rings (SSSR count). The summed E-state index contributed by atoms with van der Waals surface area (Å²) in [5.41, 5.74) is 1.08. The van der Waals surface area contributed by atoms with E-state index in [1.54, 1.807) is 12.1 Å². The minimum atomic E-state index is -1.01. The minimum absolute atomic E-state index is 0.227. The number of aliphatic hydroxyl groups is 1. The average molecular weight is 270 g/mol.